The molecule has 68 valence electrons. The lowest BCUT2D eigenvalue weighted by molar-refractivity contribution is 0.678. The van der Waals surface area contributed by atoms with Crippen LogP contribution in [0.3, 0.4) is 0 Å². The van der Waals surface area contributed by atoms with Gasteiger partial charge in [-0.25, -0.2) is 4.21 Å². The largest absolute Gasteiger partial charge is 0.300 e. The maximum absolute atomic E-state index is 11.4. The van der Waals surface area contributed by atoms with Gasteiger partial charge in [-0.2, -0.15) is 0 Å². The van der Waals surface area contributed by atoms with Gasteiger partial charge >= 0.3 is 0 Å². The molecule has 0 aromatic rings. The molecular weight excluding hydrogens is 204 g/mol. The molecule has 13 heavy (non-hydrogen) atoms. The van der Waals surface area contributed by atoms with Crippen LogP contribution in [0, 0.1) is 0 Å². The standard InChI is InChI=1S/C8H8N2OS2/c11-13-4-2-10-5-7-6(1-3-12-7)9-8(10)13/h2,4-6H,1,3H2. The van der Waals surface area contributed by atoms with Crippen molar-refractivity contribution in [2.24, 2.45) is 4.99 Å². The number of hydrogen-bond donors (Lipinski definition) is 0. The van der Waals surface area contributed by atoms with Crippen LogP contribution in [0.5, 0.6) is 0 Å². The zero-order valence-corrected chi connectivity index (χ0v) is 8.48. The zero-order valence-electron chi connectivity index (χ0n) is 6.84. The van der Waals surface area contributed by atoms with E-state index in [4.69, 9.17) is 0 Å². The molecule has 0 aliphatic carbocycles. The van der Waals surface area contributed by atoms with Gasteiger partial charge in [-0.15, -0.1) is 11.8 Å². The molecule has 3 aliphatic rings. The van der Waals surface area contributed by atoms with E-state index in [2.05, 4.69) is 11.2 Å². The minimum Gasteiger partial charge on any atom is -0.300 e. The van der Waals surface area contributed by atoms with Crippen LogP contribution in [0.25, 0.3) is 0 Å². The van der Waals surface area contributed by atoms with E-state index in [1.165, 1.54) is 4.91 Å². The van der Waals surface area contributed by atoms with E-state index in [9.17, 15) is 4.21 Å². The van der Waals surface area contributed by atoms with Gasteiger partial charge in [0, 0.05) is 28.5 Å². The van der Waals surface area contributed by atoms with Crippen molar-refractivity contribution in [3.8, 4) is 0 Å². The Morgan fingerprint density at radius 1 is 1.69 bits per heavy atom. The molecule has 3 heterocycles. The summed E-state index contributed by atoms with van der Waals surface area (Å²) in [5.74, 6) is 1.14. The molecule has 0 bridgehead atoms. The Morgan fingerprint density at radius 2 is 2.62 bits per heavy atom. The van der Waals surface area contributed by atoms with E-state index >= 15 is 0 Å². The second-order valence-corrected chi connectivity index (χ2v) is 5.49. The maximum Gasteiger partial charge on any atom is 0.203 e. The summed E-state index contributed by atoms with van der Waals surface area (Å²) in [5, 5.41) is 2.39. The summed E-state index contributed by atoms with van der Waals surface area (Å²) in [6.45, 7) is 0. The Morgan fingerprint density at radius 3 is 3.54 bits per heavy atom. The number of fused-ring (bicyclic) bond motifs is 2. The molecule has 0 N–H and O–H groups in total. The van der Waals surface area contributed by atoms with Gasteiger partial charge in [0.25, 0.3) is 0 Å². The number of nitrogens with zero attached hydrogens (tertiary/aromatic N) is 2. The lowest BCUT2D eigenvalue weighted by atomic mass is 10.2. The average molecular weight is 212 g/mol. The second-order valence-electron chi connectivity index (χ2n) is 3.09. The number of rotatable bonds is 0. The van der Waals surface area contributed by atoms with Gasteiger partial charge in [0.2, 0.25) is 5.17 Å². The molecule has 2 atom stereocenters. The first-order valence-electron chi connectivity index (χ1n) is 4.14. The molecule has 3 nitrogen and oxygen atoms in total. The van der Waals surface area contributed by atoms with E-state index in [1.54, 1.807) is 5.41 Å². The number of amidine groups is 1. The maximum atomic E-state index is 11.4. The highest BCUT2D eigenvalue weighted by molar-refractivity contribution is 8.04. The number of hydrogen-bond acceptors (Lipinski definition) is 4. The van der Waals surface area contributed by atoms with Gasteiger partial charge < -0.3 is 0 Å². The van der Waals surface area contributed by atoms with Crippen LogP contribution in [0.2, 0.25) is 0 Å². The molecule has 0 aromatic carbocycles. The van der Waals surface area contributed by atoms with Crippen molar-refractivity contribution in [2.75, 3.05) is 5.75 Å². The van der Waals surface area contributed by atoms with Gasteiger partial charge in [-0.3, -0.25) is 9.89 Å². The van der Waals surface area contributed by atoms with E-state index in [0.717, 1.165) is 12.2 Å². The Kier molecular flexibility index (Phi) is 1.63. The number of thioether (sulfide) groups is 1. The minimum atomic E-state index is -1.01. The zero-order chi connectivity index (χ0) is 8.84. The van der Waals surface area contributed by atoms with Gasteiger partial charge in [-0.1, -0.05) is 0 Å². The van der Waals surface area contributed by atoms with E-state index in [0.29, 0.717) is 11.2 Å². The summed E-state index contributed by atoms with van der Waals surface area (Å²) >= 11 is 1.86. The van der Waals surface area contributed by atoms with Gasteiger partial charge in [0.1, 0.15) is 10.8 Å². The van der Waals surface area contributed by atoms with Gasteiger partial charge in [0.15, 0.2) is 0 Å². The molecular formula is C8H8N2OS2. The molecule has 0 spiro atoms. The van der Waals surface area contributed by atoms with Gasteiger partial charge in [0.05, 0.1) is 6.04 Å². The Labute approximate surface area is 83.0 Å². The van der Waals surface area contributed by atoms with Crippen molar-refractivity contribution >= 4 is 27.7 Å². The summed E-state index contributed by atoms with van der Waals surface area (Å²) in [4.78, 5) is 7.67. The molecule has 1 saturated heterocycles. The van der Waals surface area contributed by atoms with Crippen LogP contribution < -0.4 is 0 Å². The average Bonchev–Trinajstić information content (AvgIpc) is 2.70. The molecule has 3 rings (SSSR count). The van der Waals surface area contributed by atoms with Crippen molar-refractivity contribution in [1.82, 2.24) is 4.90 Å². The Balaban J connectivity index is 2.04. The fraction of sp³-hybridized carbons (Fsp3) is 0.375. The van der Waals surface area contributed by atoms with Crippen LogP contribution >= 0.6 is 11.8 Å². The second kappa shape index (κ2) is 2.72. The molecule has 1 fully saturated rings. The van der Waals surface area contributed by atoms with Crippen molar-refractivity contribution in [1.29, 1.82) is 0 Å². The van der Waals surface area contributed by atoms with Crippen molar-refractivity contribution in [3.05, 3.63) is 22.7 Å². The summed E-state index contributed by atoms with van der Waals surface area (Å²) in [5.41, 5.74) is 0. The highest BCUT2D eigenvalue weighted by Crippen LogP contribution is 2.37. The fourth-order valence-electron chi connectivity index (χ4n) is 1.61. The smallest absolute Gasteiger partial charge is 0.203 e. The van der Waals surface area contributed by atoms with Crippen LogP contribution in [-0.4, -0.2) is 26.1 Å². The Hall–Kier alpha value is -0.550. The molecule has 0 radical (unpaired) electrons. The van der Waals surface area contributed by atoms with E-state index in [-0.39, 0.29) is 0 Å². The monoisotopic (exact) mass is 212 g/mol. The third-order valence-electron chi connectivity index (χ3n) is 2.27. The van der Waals surface area contributed by atoms with Gasteiger partial charge in [-0.05, 0) is 6.42 Å². The lowest BCUT2D eigenvalue weighted by Gasteiger charge is -2.20. The third kappa shape index (κ3) is 1.10. The summed E-state index contributed by atoms with van der Waals surface area (Å²) < 4.78 is 11.4. The molecule has 0 saturated carbocycles. The predicted octanol–water partition coefficient (Wildman–Crippen LogP) is 1.24. The van der Waals surface area contributed by atoms with Crippen LogP contribution in [-0.2, 0) is 10.8 Å². The molecule has 0 amide bonds. The molecule has 3 aliphatic heterocycles. The minimum absolute atomic E-state index is 0.292. The third-order valence-corrected chi connectivity index (χ3v) is 4.46. The first-order valence-corrected chi connectivity index (χ1v) is 6.34. The molecule has 2 unspecified atom stereocenters. The van der Waals surface area contributed by atoms with Crippen molar-refractivity contribution in [3.63, 3.8) is 0 Å². The van der Waals surface area contributed by atoms with E-state index < -0.39 is 10.8 Å². The van der Waals surface area contributed by atoms with Crippen molar-refractivity contribution < 1.29 is 4.21 Å². The predicted molar refractivity (Wildman–Crippen MR) is 55.5 cm³/mol. The number of aliphatic imine (C=N–C) groups is 1. The van der Waals surface area contributed by atoms with Crippen molar-refractivity contribution in [2.45, 2.75) is 12.5 Å². The molecule has 0 aromatic heterocycles. The fourth-order valence-corrected chi connectivity index (χ4v) is 3.66. The first kappa shape index (κ1) is 7.82. The highest BCUT2D eigenvalue weighted by Gasteiger charge is 2.31. The summed E-state index contributed by atoms with van der Waals surface area (Å²) in [6, 6.07) is 0.292. The quantitative estimate of drug-likeness (QED) is 0.605. The first-order chi connectivity index (χ1) is 6.34. The van der Waals surface area contributed by atoms with Crippen LogP contribution in [0.4, 0.5) is 0 Å². The lowest BCUT2D eigenvalue weighted by Crippen LogP contribution is -2.25. The SMILES string of the molecule is O=S1C=CN2C=C3SCCC3N=C21. The summed E-state index contributed by atoms with van der Waals surface area (Å²) in [6.07, 6.45) is 4.98. The van der Waals surface area contributed by atoms with E-state index in [1.807, 2.05) is 22.9 Å². The highest BCUT2D eigenvalue weighted by atomic mass is 32.2. The Bertz CT molecular complexity index is 372. The van der Waals surface area contributed by atoms with Crippen LogP contribution in [0.15, 0.2) is 27.7 Å². The normalized spacial score (nSPS) is 35.5. The topological polar surface area (TPSA) is 32.7 Å². The van der Waals surface area contributed by atoms with Crippen LogP contribution in [0.1, 0.15) is 6.42 Å². The molecule has 5 heteroatoms. The summed E-state index contributed by atoms with van der Waals surface area (Å²) in [7, 11) is -1.01.